The molecule has 0 aliphatic carbocycles. The third-order valence-electron chi connectivity index (χ3n) is 2.88. The first-order chi connectivity index (χ1) is 7.61. The Labute approximate surface area is 94.8 Å². The number of piperidine rings is 1. The molecule has 1 aliphatic heterocycles. The van der Waals surface area contributed by atoms with Crippen LogP contribution in [0.15, 0.2) is 0 Å². The Balaban J connectivity index is 2.14. The van der Waals surface area contributed by atoms with Crippen LogP contribution in [-0.4, -0.2) is 48.2 Å². The Bertz CT molecular complexity index is 250. The summed E-state index contributed by atoms with van der Waals surface area (Å²) in [4.78, 5) is 23.7. The lowest BCUT2D eigenvalue weighted by Crippen LogP contribution is -2.39. The van der Waals surface area contributed by atoms with E-state index in [1.54, 1.807) is 0 Å². The molecule has 1 aliphatic rings. The SMILES string of the molecule is NC(=O)NC(=O)CCN1CCC(CO)CC1. The summed E-state index contributed by atoms with van der Waals surface area (Å²) in [6.07, 6.45) is 2.22. The molecule has 6 heteroatoms. The van der Waals surface area contributed by atoms with E-state index in [1.165, 1.54) is 0 Å². The van der Waals surface area contributed by atoms with E-state index in [4.69, 9.17) is 10.8 Å². The predicted molar refractivity (Wildman–Crippen MR) is 58.6 cm³/mol. The normalized spacial score (nSPS) is 18.3. The summed E-state index contributed by atoms with van der Waals surface area (Å²) < 4.78 is 0. The van der Waals surface area contributed by atoms with Crippen molar-refractivity contribution in [1.29, 1.82) is 0 Å². The number of imide groups is 1. The van der Waals surface area contributed by atoms with E-state index >= 15 is 0 Å². The summed E-state index contributed by atoms with van der Waals surface area (Å²) in [5, 5.41) is 11.0. The third-order valence-corrected chi connectivity index (χ3v) is 2.88. The third kappa shape index (κ3) is 4.59. The number of rotatable bonds is 4. The number of urea groups is 1. The Morgan fingerprint density at radius 1 is 1.38 bits per heavy atom. The van der Waals surface area contributed by atoms with E-state index in [0.717, 1.165) is 25.9 Å². The van der Waals surface area contributed by atoms with Crippen molar-refractivity contribution in [2.45, 2.75) is 19.3 Å². The zero-order valence-electron chi connectivity index (χ0n) is 9.32. The number of carbonyl (C=O) groups excluding carboxylic acids is 2. The van der Waals surface area contributed by atoms with Gasteiger partial charge in [0.15, 0.2) is 0 Å². The Hall–Kier alpha value is -1.14. The summed E-state index contributed by atoms with van der Waals surface area (Å²) in [6.45, 7) is 2.68. The molecular formula is C10H19N3O3. The van der Waals surface area contributed by atoms with Crippen LogP contribution in [0.1, 0.15) is 19.3 Å². The first-order valence-electron chi connectivity index (χ1n) is 5.54. The highest BCUT2D eigenvalue weighted by atomic mass is 16.3. The highest BCUT2D eigenvalue weighted by Crippen LogP contribution is 2.16. The van der Waals surface area contributed by atoms with Crippen LogP contribution in [0.3, 0.4) is 0 Å². The van der Waals surface area contributed by atoms with Crippen LogP contribution >= 0.6 is 0 Å². The standard InChI is InChI=1S/C10H19N3O3/c11-10(16)12-9(15)3-6-13-4-1-8(7-14)2-5-13/h8,14H,1-7H2,(H3,11,12,15,16). The largest absolute Gasteiger partial charge is 0.396 e. The van der Waals surface area contributed by atoms with Crippen molar-refractivity contribution < 1.29 is 14.7 Å². The predicted octanol–water partition coefficient (Wildman–Crippen LogP) is -0.724. The Morgan fingerprint density at radius 2 is 2.00 bits per heavy atom. The first-order valence-corrected chi connectivity index (χ1v) is 5.54. The number of likely N-dealkylation sites (tertiary alicyclic amines) is 1. The van der Waals surface area contributed by atoms with Gasteiger partial charge in [-0.05, 0) is 31.8 Å². The van der Waals surface area contributed by atoms with Gasteiger partial charge in [0.25, 0.3) is 0 Å². The molecule has 0 aromatic rings. The number of aliphatic hydroxyl groups excluding tert-OH is 1. The minimum absolute atomic E-state index is 0.246. The number of primary amides is 1. The fourth-order valence-corrected chi connectivity index (χ4v) is 1.85. The van der Waals surface area contributed by atoms with Gasteiger partial charge in [0.2, 0.25) is 5.91 Å². The Morgan fingerprint density at radius 3 is 2.50 bits per heavy atom. The Kier molecular flexibility index (Phi) is 5.21. The van der Waals surface area contributed by atoms with Gasteiger partial charge in [0.05, 0.1) is 0 Å². The fraction of sp³-hybridized carbons (Fsp3) is 0.800. The van der Waals surface area contributed by atoms with Gasteiger partial charge in [-0.25, -0.2) is 4.79 Å². The maximum absolute atomic E-state index is 11.1. The number of nitrogens with two attached hydrogens (primary N) is 1. The molecule has 4 N–H and O–H groups in total. The van der Waals surface area contributed by atoms with Crippen LogP contribution in [0.5, 0.6) is 0 Å². The molecule has 1 heterocycles. The fourth-order valence-electron chi connectivity index (χ4n) is 1.85. The molecule has 0 radical (unpaired) electrons. The highest BCUT2D eigenvalue weighted by molar-refractivity contribution is 5.93. The molecule has 0 aromatic carbocycles. The summed E-state index contributed by atoms with van der Waals surface area (Å²) in [5.74, 6) is 0.0625. The average molecular weight is 229 g/mol. The molecule has 3 amide bonds. The van der Waals surface area contributed by atoms with Crippen LogP contribution in [0.25, 0.3) is 0 Å². The van der Waals surface area contributed by atoms with Crippen molar-refractivity contribution in [2.75, 3.05) is 26.2 Å². The van der Waals surface area contributed by atoms with E-state index in [-0.39, 0.29) is 18.9 Å². The molecule has 0 bridgehead atoms. The lowest BCUT2D eigenvalue weighted by Gasteiger charge is -2.30. The molecule has 6 nitrogen and oxygen atoms in total. The van der Waals surface area contributed by atoms with E-state index in [1.807, 2.05) is 5.32 Å². The van der Waals surface area contributed by atoms with Gasteiger partial charge in [-0.1, -0.05) is 0 Å². The quantitative estimate of drug-likeness (QED) is 0.592. The smallest absolute Gasteiger partial charge is 0.318 e. The van der Waals surface area contributed by atoms with E-state index in [0.29, 0.717) is 12.5 Å². The molecule has 1 saturated heterocycles. The number of nitrogens with zero attached hydrogens (tertiary/aromatic N) is 1. The van der Waals surface area contributed by atoms with Crippen molar-refractivity contribution in [2.24, 2.45) is 11.7 Å². The molecule has 1 fully saturated rings. The van der Waals surface area contributed by atoms with Gasteiger partial charge in [0, 0.05) is 19.6 Å². The van der Waals surface area contributed by atoms with Crippen molar-refractivity contribution in [3.63, 3.8) is 0 Å². The number of carbonyl (C=O) groups is 2. The molecule has 0 atom stereocenters. The van der Waals surface area contributed by atoms with Crippen molar-refractivity contribution in [3.05, 3.63) is 0 Å². The molecular weight excluding hydrogens is 210 g/mol. The minimum atomic E-state index is -0.802. The monoisotopic (exact) mass is 229 g/mol. The summed E-state index contributed by atoms with van der Waals surface area (Å²) in [6, 6.07) is -0.802. The second-order valence-electron chi connectivity index (χ2n) is 4.13. The molecule has 92 valence electrons. The molecule has 16 heavy (non-hydrogen) atoms. The lowest BCUT2D eigenvalue weighted by molar-refractivity contribution is -0.120. The van der Waals surface area contributed by atoms with Gasteiger partial charge in [0.1, 0.15) is 0 Å². The first kappa shape index (κ1) is 12.9. The summed E-state index contributed by atoms with van der Waals surface area (Å²) in [7, 11) is 0. The molecule has 1 rings (SSSR count). The van der Waals surface area contributed by atoms with Gasteiger partial charge in [-0.2, -0.15) is 0 Å². The molecule has 0 spiro atoms. The van der Waals surface area contributed by atoms with Crippen LogP contribution < -0.4 is 11.1 Å². The van der Waals surface area contributed by atoms with E-state index < -0.39 is 6.03 Å². The number of amides is 3. The number of nitrogens with one attached hydrogen (secondary N) is 1. The minimum Gasteiger partial charge on any atom is -0.396 e. The maximum Gasteiger partial charge on any atom is 0.318 e. The molecule has 0 saturated carbocycles. The lowest BCUT2D eigenvalue weighted by atomic mass is 9.98. The van der Waals surface area contributed by atoms with Gasteiger partial charge >= 0.3 is 6.03 Å². The summed E-state index contributed by atoms with van der Waals surface area (Å²) in [5.41, 5.74) is 4.83. The topological polar surface area (TPSA) is 95.7 Å². The van der Waals surface area contributed by atoms with Crippen molar-refractivity contribution in [1.82, 2.24) is 10.2 Å². The van der Waals surface area contributed by atoms with Crippen LogP contribution in [0.2, 0.25) is 0 Å². The van der Waals surface area contributed by atoms with Crippen molar-refractivity contribution >= 4 is 11.9 Å². The maximum atomic E-state index is 11.1. The zero-order valence-corrected chi connectivity index (χ0v) is 9.32. The van der Waals surface area contributed by atoms with E-state index in [2.05, 4.69) is 4.90 Å². The van der Waals surface area contributed by atoms with Crippen LogP contribution in [0, 0.1) is 5.92 Å². The van der Waals surface area contributed by atoms with Crippen molar-refractivity contribution in [3.8, 4) is 0 Å². The second kappa shape index (κ2) is 6.44. The van der Waals surface area contributed by atoms with E-state index in [9.17, 15) is 9.59 Å². The van der Waals surface area contributed by atoms with Gasteiger partial charge in [-0.3, -0.25) is 10.1 Å². The second-order valence-corrected chi connectivity index (χ2v) is 4.13. The van der Waals surface area contributed by atoms with Crippen LogP contribution in [-0.2, 0) is 4.79 Å². The number of hydrogen-bond donors (Lipinski definition) is 3. The molecule has 0 aromatic heterocycles. The highest BCUT2D eigenvalue weighted by Gasteiger charge is 2.18. The molecule has 0 unspecified atom stereocenters. The number of hydrogen-bond acceptors (Lipinski definition) is 4. The summed E-state index contributed by atoms with van der Waals surface area (Å²) >= 11 is 0. The van der Waals surface area contributed by atoms with Gasteiger partial charge in [-0.15, -0.1) is 0 Å². The van der Waals surface area contributed by atoms with Crippen LogP contribution in [0.4, 0.5) is 4.79 Å². The number of aliphatic hydroxyl groups is 1. The zero-order chi connectivity index (χ0) is 12.0. The average Bonchev–Trinajstić information content (AvgIpc) is 2.26. The van der Waals surface area contributed by atoms with Gasteiger partial charge < -0.3 is 15.7 Å².